The average molecular weight is 448 g/mol. The molecule has 7 nitrogen and oxygen atoms in total. The summed E-state index contributed by atoms with van der Waals surface area (Å²) in [5.41, 5.74) is 0.457. The van der Waals surface area contributed by atoms with Gasteiger partial charge in [-0.05, 0) is 65.0 Å². The van der Waals surface area contributed by atoms with Gasteiger partial charge in [-0.15, -0.1) is 0 Å². The van der Waals surface area contributed by atoms with Gasteiger partial charge in [0.1, 0.15) is 18.0 Å². The molecule has 1 aromatic heterocycles. The molecule has 0 aliphatic carbocycles. The molecule has 168 valence electrons. The van der Waals surface area contributed by atoms with Crippen LogP contribution in [-0.4, -0.2) is 53.7 Å². The third-order valence-electron chi connectivity index (χ3n) is 4.39. The summed E-state index contributed by atoms with van der Waals surface area (Å²) < 4.78 is 11.3. The highest BCUT2D eigenvalue weighted by Gasteiger charge is 2.23. The first-order valence-electron chi connectivity index (χ1n) is 10.1. The van der Waals surface area contributed by atoms with E-state index < -0.39 is 11.7 Å². The van der Waals surface area contributed by atoms with E-state index in [1.54, 1.807) is 54.7 Å². The van der Waals surface area contributed by atoms with E-state index in [9.17, 15) is 9.59 Å². The predicted molar refractivity (Wildman–Crippen MR) is 122 cm³/mol. The van der Waals surface area contributed by atoms with Crippen molar-refractivity contribution in [1.29, 1.82) is 0 Å². The molecule has 0 saturated heterocycles. The molecule has 0 aliphatic heterocycles. The fraction of sp³-hybridized carbons (Fsp3) is 0.435. The van der Waals surface area contributed by atoms with Gasteiger partial charge in [-0.1, -0.05) is 11.6 Å². The van der Waals surface area contributed by atoms with Gasteiger partial charge in [-0.2, -0.15) is 0 Å². The smallest absolute Gasteiger partial charge is 0.414 e. The Hall–Kier alpha value is -2.80. The van der Waals surface area contributed by atoms with Crippen molar-refractivity contribution in [3.05, 3.63) is 53.3 Å². The molecule has 0 unspecified atom stereocenters. The Morgan fingerprint density at radius 2 is 1.77 bits per heavy atom. The van der Waals surface area contributed by atoms with Crippen LogP contribution in [0.25, 0.3) is 0 Å². The second-order valence-electron chi connectivity index (χ2n) is 8.37. The van der Waals surface area contributed by atoms with Crippen molar-refractivity contribution in [3.8, 4) is 5.75 Å². The van der Waals surface area contributed by atoms with Crippen LogP contribution < -0.4 is 9.64 Å². The summed E-state index contributed by atoms with van der Waals surface area (Å²) in [6.07, 6.45) is 2.73. The minimum absolute atomic E-state index is 0.0543. The minimum Gasteiger partial charge on any atom is -0.492 e. The number of anilines is 1. The van der Waals surface area contributed by atoms with Crippen LogP contribution in [-0.2, 0) is 4.74 Å². The number of nitrogens with zero attached hydrogens (tertiary/aromatic N) is 3. The largest absolute Gasteiger partial charge is 0.492 e. The molecule has 1 aromatic carbocycles. The SMILES string of the molecule is CC(C)N(C)C(=O)c1cc(Cl)cc(OCCN(C(=O)OC(C)(C)C)c2ccncc2)c1. The average Bonchev–Trinajstić information content (AvgIpc) is 2.68. The van der Waals surface area contributed by atoms with E-state index in [4.69, 9.17) is 21.1 Å². The maximum absolute atomic E-state index is 12.7. The Morgan fingerprint density at radius 1 is 1.13 bits per heavy atom. The molecule has 2 aromatic rings. The first kappa shape index (κ1) is 24.5. The Kier molecular flexibility index (Phi) is 8.28. The third kappa shape index (κ3) is 7.43. The number of benzene rings is 1. The van der Waals surface area contributed by atoms with Crippen LogP contribution in [0, 0.1) is 0 Å². The zero-order valence-corrected chi connectivity index (χ0v) is 19.6. The highest BCUT2D eigenvalue weighted by molar-refractivity contribution is 6.31. The molecule has 0 saturated carbocycles. The molecule has 31 heavy (non-hydrogen) atoms. The first-order chi connectivity index (χ1) is 14.5. The minimum atomic E-state index is -0.631. The van der Waals surface area contributed by atoms with Crippen molar-refractivity contribution >= 4 is 29.3 Å². The molecule has 0 fully saturated rings. The summed E-state index contributed by atoms with van der Waals surface area (Å²) >= 11 is 6.20. The number of carbonyl (C=O) groups excluding carboxylic acids is 2. The van der Waals surface area contributed by atoms with Crippen molar-refractivity contribution in [2.75, 3.05) is 25.1 Å². The molecule has 0 N–H and O–H groups in total. The maximum Gasteiger partial charge on any atom is 0.414 e. The standard InChI is InChI=1S/C23H30ClN3O4/c1-16(2)26(6)21(28)17-13-18(24)15-20(14-17)30-12-11-27(19-7-9-25-10-8-19)22(29)31-23(3,4)5/h7-10,13-16H,11-12H2,1-6H3. The van der Waals surface area contributed by atoms with E-state index >= 15 is 0 Å². The summed E-state index contributed by atoms with van der Waals surface area (Å²) in [5.74, 6) is 0.307. The number of ether oxygens (including phenoxy) is 2. The highest BCUT2D eigenvalue weighted by atomic mass is 35.5. The summed E-state index contributed by atoms with van der Waals surface area (Å²) in [6, 6.07) is 8.40. The van der Waals surface area contributed by atoms with Crippen molar-refractivity contribution in [1.82, 2.24) is 9.88 Å². The fourth-order valence-electron chi connectivity index (χ4n) is 2.63. The van der Waals surface area contributed by atoms with Gasteiger partial charge in [0.25, 0.3) is 5.91 Å². The van der Waals surface area contributed by atoms with Gasteiger partial charge in [0.15, 0.2) is 0 Å². The predicted octanol–water partition coefficient (Wildman–Crippen LogP) is 5.04. The lowest BCUT2D eigenvalue weighted by atomic mass is 10.1. The number of hydrogen-bond acceptors (Lipinski definition) is 5. The summed E-state index contributed by atoms with van der Waals surface area (Å²) in [6.45, 7) is 9.71. The van der Waals surface area contributed by atoms with Crippen molar-refractivity contribution < 1.29 is 19.1 Å². The number of halogens is 1. The number of amides is 2. The molecule has 2 rings (SSSR count). The van der Waals surface area contributed by atoms with Crippen LogP contribution in [0.1, 0.15) is 45.0 Å². The molecule has 0 aliphatic rings. The molecule has 0 radical (unpaired) electrons. The highest BCUT2D eigenvalue weighted by Crippen LogP contribution is 2.23. The lowest BCUT2D eigenvalue weighted by molar-refractivity contribution is 0.0575. The van der Waals surface area contributed by atoms with E-state index in [0.717, 1.165) is 0 Å². The Balaban J connectivity index is 2.13. The van der Waals surface area contributed by atoms with Crippen LogP contribution in [0.2, 0.25) is 5.02 Å². The lowest BCUT2D eigenvalue weighted by Crippen LogP contribution is -2.39. The van der Waals surface area contributed by atoms with Gasteiger partial charge in [-0.3, -0.25) is 14.7 Å². The van der Waals surface area contributed by atoms with Crippen LogP contribution >= 0.6 is 11.6 Å². The van der Waals surface area contributed by atoms with Gasteiger partial charge in [-0.25, -0.2) is 4.79 Å². The van der Waals surface area contributed by atoms with Gasteiger partial charge >= 0.3 is 6.09 Å². The van der Waals surface area contributed by atoms with E-state index in [2.05, 4.69) is 4.98 Å². The number of pyridine rings is 1. The Morgan fingerprint density at radius 3 is 2.35 bits per heavy atom. The Labute approximate surface area is 188 Å². The molecular formula is C23H30ClN3O4. The summed E-state index contributed by atoms with van der Waals surface area (Å²) in [4.78, 5) is 32.4. The topological polar surface area (TPSA) is 72.0 Å². The second-order valence-corrected chi connectivity index (χ2v) is 8.81. The molecule has 0 atom stereocenters. The van der Waals surface area contributed by atoms with Crippen LogP contribution in [0.15, 0.2) is 42.7 Å². The van der Waals surface area contributed by atoms with E-state index in [1.807, 2.05) is 34.6 Å². The van der Waals surface area contributed by atoms with Gasteiger partial charge < -0.3 is 14.4 Å². The number of carbonyl (C=O) groups is 2. The molecular weight excluding hydrogens is 418 g/mol. The van der Waals surface area contributed by atoms with E-state index in [1.165, 1.54) is 4.90 Å². The molecule has 0 spiro atoms. The third-order valence-corrected chi connectivity index (χ3v) is 4.60. The van der Waals surface area contributed by atoms with E-state index in [-0.39, 0.29) is 25.1 Å². The number of aromatic nitrogens is 1. The molecule has 0 bridgehead atoms. The zero-order valence-electron chi connectivity index (χ0n) is 18.9. The first-order valence-corrected chi connectivity index (χ1v) is 10.5. The van der Waals surface area contributed by atoms with Crippen molar-refractivity contribution in [3.63, 3.8) is 0 Å². The van der Waals surface area contributed by atoms with Gasteiger partial charge in [0.2, 0.25) is 0 Å². The van der Waals surface area contributed by atoms with Gasteiger partial charge in [0.05, 0.1) is 12.2 Å². The molecule has 8 heteroatoms. The van der Waals surface area contributed by atoms with Crippen LogP contribution in [0.5, 0.6) is 5.75 Å². The van der Waals surface area contributed by atoms with Crippen LogP contribution in [0.4, 0.5) is 10.5 Å². The molecule has 2 amide bonds. The second kappa shape index (κ2) is 10.5. The zero-order chi connectivity index (χ0) is 23.2. The van der Waals surface area contributed by atoms with Crippen LogP contribution in [0.3, 0.4) is 0 Å². The van der Waals surface area contributed by atoms with Crippen molar-refractivity contribution in [2.24, 2.45) is 0 Å². The van der Waals surface area contributed by atoms with Gasteiger partial charge in [0, 0.05) is 36.1 Å². The number of rotatable bonds is 7. The van der Waals surface area contributed by atoms with Crippen molar-refractivity contribution in [2.45, 2.75) is 46.3 Å². The Bertz CT molecular complexity index is 897. The lowest BCUT2D eigenvalue weighted by Gasteiger charge is -2.27. The normalized spacial score (nSPS) is 11.2. The monoisotopic (exact) mass is 447 g/mol. The summed E-state index contributed by atoms with van der Waals surface area (Å²) in [5, 5.41) is 0.399. The summed E-state index contributed by atoms with van der Waals surface area (Å²) in [7, 11) is 1.74. The van der Waals surface area contributed by atoms with E-state index in [0.29, 0.717) is 22.0 Å². The number of hydrogen-bond donors (Lipinski definition) is 0. The quantitative estimate of drug-likeness (QED) is 0.594. The molecule has 1 heterocycles. The fourth-order valence-corrected chi connectivity index (χ4v) is 2.85. The maximum atomic E-state index is 12.7.